The van der Waals surface area contributed by atoms with Gasteiger partial charge in [0.25, 0.3) is 0 Å². The molecule has 4 heteroatoms. The van der Waals surface area contributed by atoms with Crippen LogP contribution in [0, 0.1) is 11.3 Å². The monoisotopic (exact) mass is 238 g/mol. The second kappa shape index (κ2) is 4.38. The average Bonchev–Trinajstić information content (AvgIpc) is 2.88. The molecule has 1 aliphatic rings. The first kappa shape index (κ1) is 10.6. The van der Waals surface area contributed by atoms with E-state index in [1.165, 1.54) is 0 Å². The smallest absolute Gasteiger partial charge is 0.231 e. The van der Waals surface area contributed by atoms with Crippen LogP contribution in [0.15, 0.2) is 42.6 Å². The zero-order valence-corrected chi connectivity index (χ0v) is 9.54. The summed E-state index contributed by atoms with van der Waals surface area (Å²) in [6, 6.07) is 13.4. The van der Waals surface area contributed by atoms with Crippen molar-refractivity contribution in [1.82, 2.24) is 4.98 Å². The molecule has 0 amide bonds. The molecule has 1 aliphatic heterocycles. The van der Waals surface area contributed by atoms with Crippen molar-refractivity contribution in [1.29, 1.82) is 5.26 Å². The molecule has 0 saturated heterocycles. The van der Waals surface area contributed by atoms with Gasteiger partial charge in [0.2, 0.25) is 6.79 Å². The summed E-state index contributed by atoms with van der Waals surface area (Å²) in [6.07, 6.45) is 1.69. The van der Waals surface area contributed by atoms with E-state index in [-0.39, 0.29) is 12.7 Å². The molecule has 0 N–H and O–H groups in total. The van der Waals surface area contributed by atoms with E-state index in [4.69, 9.17) is 9.47 Å². The van der Waals surface area contributed by atoms with Gasteiger partial charge < -0.3 is 9.47 Å². The number of rotatable bonds is 2. The Bertz CT molecular complexity index is 605. The zero-order valence-electron chi connectivity index (χ0n) is 9.54. The van der Waals surface area contributed by atoms with Crippen molar-refractivity contribution in [2.45, 2.75) is 5.92 Å². The van der Waals surface area contributed by atoms with Crippen LogP contribution in [0.2, 0.25) is 0 Å². The summed E-state index contributed by atoms with van der Waals surface area (Å²) in [5.74, 6) is 1.01. The molecule has 0 saturated carbocycles. The number of hydrogen-bond donors (Lipinski definition) is 0. The fourth-order valence-electron chi connectivity index (χ4n) is 1.95. The molecule has 0 aliphatic carbocycles. The molecular weight excluding hydrogens is 228 g/mol. The van der Waals surface area contributed by atoms with E-state index in [2.05, 4.69) is 11.1 Å². The molecule has 4 nitrogen and oxygen atoms in total. The third-order valence-electron chi connectivity index (χ3n) is 2.84. The highest BCUT2D eigenvalue weighted by Gasteiger charge is 2.19. The lowest BCUT2D eigenvalue weighted by Gasteiger charge is -2.09. The van der Waals surface area contributed by atoms with Crippen LogP contribution in [0.1, 0.15) is 17.2 Å². The SMILES string of the molecule is N#C[C@@H](c1ccc2c(c1)OCO2)c1ccccn1. The summed E-state index contributed by atoms with van der Waals surface area (Å²) in [4.78, 5) is 4.23. The van der Waals surface area contributed by atoms with E-state index in [0.717, 1.165) is 17.0 Å². The lowest BCUT2D eigenvalue weighted by atomic mass is 9.96. The Hall–Kier alpha value is -2.54. The van der Waals surface area contributed by atoms with Crippen molar-refractivity contribution in [3.8, 4) is 17.6 Å². The van der Waals surface area contributed by atoms with Gasteiger partial charge in [-0.25, -0.2) is 0 Å². The molecule has 3 rings (SSSR count). The summed E-state index contributed by atoms with van der Waals surface area (Å²) >= 11 is 0. The highest BCUT2D eigenvalue weighted by atomic mass is 16.7. The van der Waals surface area contributed by atoms with E-state index < -0.39 is 0 Å². The third-order valence-corrected chi connectivity index (χ3v) is 2.84. The average molecular weight is 238 g/mol. The normalized spacial score (nSPS) is 13.9. The molecule has 1 aromatic carbocycles. The Morgan fingerprint density at radius 3 is 2.83 bits per heavy atom. The molecule has 0 fully saturated rings. The number of fused-ring (bicyclic) bond motifs is 1. The molecule has 0 bridgehead atoms. The number of nitrogens with zero attached hydrogens (tertiary/aromatic N) is 2. The molecule has 0 radical (unpaired) electrons. The maximum atomic E-state index is 9.32. The van der Waals surface area contributed by atoms with Crippen molar-refractivity contribution >= 4 is 0 Å². The van der Waals surface area contributed by atoms with Gasteiger partial charge in [-0.1, -0.05) is 12.1 Å². The number of ether oxygens (including phenoxy) is 2. The van der Waals surface area contributed by atoms with Crippen molar-refractivity contribution < 1.29 is 9.47 Å². The van der Waals surface area contributed by atoms with Crippen LogP contribution in [0.5, 0.6) is 11.5 Å². The first-order valence-electron chi connectivity index (χ1n) is 5.58. The topological polar surface area (TPSA) is 55.1 Å². The van der Waals surface area contributed by atoms with Crippen molar-refractivity contribution in [3.63, 3.8) is 0 Å². The van der Waals surface area contributed by atoms with Gasteiger partial charge in [-0.05, 0) is 29.8 Å². The largest absolute Gasteiger partial charge is 0.454 e. The molecule has 2 aromatic rings. The van der Waals surface area contributed by atoms with Gasteiger partial charge >= 0.3 is 0 Å². The standard InChI is InChI=1S/C14H10N2O2/c15-8-11(12-3-1-2-6-16-12)10-4-5-13-14(7-10)18-9-17-13/h1-7,11H,9H2/t11-/m0/s1. The van der Waals surface area contributed by atoms with E-state index in [9.17, 15) is 5.26 Å². The number of benzene rings is 1. The minimum absolute atomic E-state index is 0.236. The van der Waals surface area contributed by atoms with E-state index >= 15 is 0 Å². The lowest BCUT2D eigenvalue weighted by Crippen LogP contribution is -2.00. The maximum absolute atomic E-state index is 9.32. The third kappa shape index (κ3) is 1.76. The Kier molecular flexibility index (Phi) is 2.58. The summed E-state index contributed by atoms with van der Waals surface area (Å²) < 4.78 is 10.6. The molecule has 0 spiro atoms. The fourth-order valence-corrected chi connectivity index (χ4v) is 1.95. The van der Waals surface area contributed by atoms with Gasteiger partial charge in [0.05, 0.1) is 11.8 Å². The molecule has 0 unspecified atom stereocenters. The van der Waals surface area contributed by atoms with Crippen molar-refractivity contribution in [2.24, 2.45) is 0 Å². The van der Waals surface area contributed by atoms with Crippen LogP contribution in [0.3, 0.4) is 0 Å². The Balaban J connectivity index is 2.01. The van der Waals surface area contributed by atoms with E-state index in [0.29, 0.717) is 5.75 Å². The van der Waals surface area contributed by atoms with Crippen LogP contribution in [0.25, 0.3) is 0 Å². The quantitative estimate of drug-likeness (QED) is 0.806. The van der Waals surface area contributed by atoms with Gasteiger partial charge in [-0.15, -0.1) is 0 Å². The summed E-state index contributed by atoms with van der Waals surface area (Å²) in [5, 5.41) is 9.32. The highest BCUT2D eigenvalue weighted by Crippen LogP contribution is 2.35. The molecule has 1 atom stereocenters. The lowest BCUT2D eigenvalue weighted by molar-refractivity contribution is 0.174. The summed E-state index contributed by atoms with van der Waals surface area (Å²) in [5.41, 5.74) is 1.60. The highest BCUT2D eigenvalue weighted by molar-refractivity contribution is 5.48. The molecule has 2 heterocycles. The number of pyridine rings is 1. The zero-order chi connectivity index (χ0) is 12.4. The van der Waals surface area contributed by atoms with Crippen molar-refractivity contribution in [2.75, 3.05) is 6.79 Å². The number of aromatic nitrogens is 1. The van der Waals surface area contributed by atoms with Crippen LogP contribution in [-0.4, -0.2) is 11.8 Å². The minimum atomic E-state index is -0.388. The first-order valence-corrected chi connectivity index (χ1v) is 5.58. The Morgan fingerprint density at radius 1 is 1.17 bits per heavy atom. The minimum Gasteiger partial charge on any atom is -0.454 e. The first-order chi connectivity index (χ1) is 8.88. The van der Waals surface area contributed by atoms with Gasteiger partial charge in [-0.2, -0.15) is 5.26 Å². The number of hydrogen-bond acceptors (Lipinski definition) is 4. The predicted octanol–water partition coefficient (Wildman–Crippen LogP) is 2.47. The molecule has 18 heavy (non-hydrogen) atoms. The van der Waals surface area contributed by atoms with Crippen LogP contribution < -0.4 is 9.47 Å². The Morgan fingerprint density at radius 2 is 2.06 bits per heavy atom. The van der Waals surface area contributed by atoms with Gasteiger partial charge in [-0.3, -0.25) is 4.98 Å². The van der Waals surface area contributed by atoms with Crippen LogP contribution in [0.4, 0.5) is 0 Å². The predicted molar refractivity (Wildman–Crippen MR) is 64.3 cm³/mol. The van der Waals surface area contributed by atoms with Gasteiger partial charge in [0, 0.05) is 6.20 Å². The van der Waals surface area contributed by atoms with Gasteiger partial charge in [0.15, 0.2) is 11.5 Å². The van der Waals surface area contributed by atoms with Gasteiger partial charge in [0.1, 0.15) is 5.92 Å². The molecular formula is C14H10N2O2. The van der Waals surface area contributed by atoms with Crippen LogP contribution >= 0.6 is 0 Å². The van der Waals surface area contributed by atoms with Crippen LogP contribution in [-0.2, 0) is 0 Å². The second-order valence-electron chi connectivity index (χ2n) is 3.93. The summed E-state index contributed by atoms with van der Waals surface area (Å²) in [7, 11) is 0. The summed E-state index contributed by atoms with van der Waals surface area (Å²) in [6.45, 7) is 0.236. The Labute approximate surface area is 104 Å². The fraction of sp³-hybridized carbons (Fsp3) is 0.143. The molecule has 1 aromatic heterocycles. The second-order valence-corrected chi connectivity index (χ2v) is 3.93. The van der Waals surface area contributed by atoms with E-state index in [1.54, 1.807) is 6.20 Å². The maximum Gasteiger partial charge on any atom is 0.231 e. The van der Waals surface area contributed by atoms with E-state index in [1.807, 2.05) is 36.4 Å². The number of nitriles is 1. The van der Waals surface area contributed by atoms with Crippen molar-refractivity contribution in [3.05, 3.63) is 53.9 Å². The molecule has 88 valence electrons.